The average Bonchev–Trinajstić information content (AvgIpc) is 3.22. The van der Waals surface area contributed by atoms with Crippen LogP contribution in [0.2, 0.25) is 0 Å². The van der Waals surface area contributed by atoms with Crippen LogP contribution in [0.1, 0.15) is 48.0 Å². The summed E-state index contributed by atoms with van der Waals surface area (Å²) >= 11 is 0. The number of ether oxygens (including phenoxy) is 2. The van der Waals surface area contributed by atoms with Gasteiger partial charge in [-0.25, -0.2) is 4.79 Å². The second kappa shape index (κ2) is 8.50. The Hall–Kier alpha value is -2.55. The largest absolute Gasteiger partial charge is 0.455 e. The number of esters is 2. The molecule has 0 saturated heterocycles. The van der Waals surface area contributed by atoms with Crippen molar-refractivity contribution in [3.05, 3.63) is 47.6 Å². The Labute approximate surface area is 211 Å². The first kappa shape index (κ1) is 26.5. The van der Waals surface area contributed by atoms with Gasteiger partial charge < -0.3 is 24.8 Å². The third kappa shape index (κ3) is 3.34. The van der Waals surface area contributed by atoms with E-state index in [-0.39, 0.29) is 6.42 Å². The third-order valence-electron chi connectivity index (χ3n) is 9.05. The Bertz CT molecular complexity index is 1110. The highest BCUT2D eigenvalue weighted by Gasteiger charge is 2.87. The SMILES string of the molecule is C/C=C/C=C/C(=O)O[C@@H]1[C@@H](C)[C@@]2(O)[C@@H](C=C(CO)C[C@]3(O)C(=O)C(C)=C[C@@H]23)[C@@H]2C(C)(C)[C@]12OC(C)=O. The standard InChI is InChI=1S/C28H36O8/c1-7-8-9-10-21(31)35-24-16(3)27(34)19(22-25(5,6)28(22,24)36-17(4)30)12-18(14-29)13-26(33)20(27)11-15(2)23(26)32/h7-12,16,19-20,22,24,29,33-34H,13-14H2,1-6H3/b8-7+,10-9+/t16-,19+,20-,22-,24-,26-,27-,28-/m1/s1. The second-order valence-corrected chi connectivity index (χ2v) is 11.3. The molecule has 36 heavy (non-hydrogen) atoms. The van der Waals surface area contributed by atoms with E-state index in [0.717, 1.165) is 0 Å². The smallest absolute Gasteiger partial charge is 0.331 e. The molecule has 0 aromatic rings. The number of aliphatic hydroxyl groups excluding tert-OH is 1. The van der Waals surface area contributed by atoms with Gasteiger partial charge in [0.15, 0.2) is 11.4 Å². The molecule has 3 N–H and O–H groups in total. The summed E-state index contributed by atoms with van der Waals surface area (Å²) in [5.41, 5.74) is -4.88. The third-order valence-corrected chi connectivity index (χ3v) is 9.05. The fourth-order valence-electron chi connectivity index (χ4n) is 7.47. The number of ketones is 1. The fourth-order valence-corrected chi connectivity index (χ4v) is 7.47. The number of fused-ring (bicyclic) bond motifs is 5. The lowest BCUT2D eigenvalue weighted by atomic mass is 9.59. The fraction of sp³-hybridized carbons (Fsp3) is 0.607. The molecule has 0 aromatic heterocycles. The van der Waals surface area contributed by atoms with E-state index in [0.29, 0.717) is 11.1 Å². The van der Waals surface area contributed by atoms with Crippen molar-refractivity contribution >= 4 is 17.7 Å². The predicted molar refractivity (Wildman–Crippen MR) is 130 cm³/mol. The van der Waals surface area contributed by atoms with Gasteiger partial charge in [0.1, 0.15) is 11.7 Å². The minimum Gasteiger partial charge on any atom is -0.455 e. The lowest BCUT2D eigenvalue weighted by Crippen LogP contribution is -2.66. The lowest BCUT2D eigenvalue weighted by Gasteiger charge is -2.53. The summed E-state index contributed by atoms with van der Waals surface area (Å²) in [6, 6.07) is 0. The molecule has 4 aliphatic rings. The van der Waals surface area contributed by atoms with Crippen molar-refractivity contribution in [1.29, 1.82) is 0 Å². The first-order chi connectivity index (χ1) is 16.7. The summed E-state index contributed by atoms with van der Waals surface area (Å²) < 4.78 is 11.9. The summed E-state index contributed by atoms with van der Waals surface area (Å²) in [6.07, 6.45) is 8.35. The van der Waals surface area contributed by atoms with E-state index in [1.807, 2.05) is 13.8 Å². The molecule has 0 spiro atoms. The molecule has 0 aromatic carbocycles. The summed E-state index contributed by atoms with van der Waals surface area (Å²) in [5, 5.41) is 34.3. The zero-order valence-corrected chi connectivity index (χ0v) is 21.6. The van der Waals surface area contributed by atoms with Gasteiger partial charge in [-0.1, -0.05) is 51.2 Å². The summed E-state index contributed by atoms with van der Waals surface area (Å²) in [5.74, 6) is -4.75. The zero-order chi connectivity index (χ0) is 26.8. The molecule has 0 aliphatic heterocycles. The average molecular weight is 501 g/mol. The molecule has 0 radical (unpaired) electrons. The summed E-state index contributed by atoms with van der Waals surface area (Å²) in [4.78, 5) is 38.3. The van der Waals surface area contributed by atoms with Crippen molar-refractivity contribution in [2.24, 2.45) is 29.1 Å². The van der Waals surface area contributed by atoms with Gasteiger partial charge in [0.05, 0.1) is 12.2 Å². The molecule has 8 heteroatoms. The Balaban J connectivity index is 1.91. The summed E-state index contributed by atoms with van der Waals surface area (Å²) in [7, 11) is 0. The maximum Gasteiger partial charge on any atom is 0.331 e. The van der Waals surface area contributed by atoms with Gasteiger partial charge in [-0.3, -0.25) is 9.59 Å². The van der Waals surface area contributed by atoms with Gasteiger partial charge in [-0.05, 0) is 25.0 Å². The molecule has 8 atom stereocenters. The van der Waals surface area contributed by atoms with Gasteiger partial charge >= 0.3 is 11.9 Å². The van der Waals surface area contributed by atoms with Crippen LogP contribution in [0.25, 0.3) is 0 Å². The van der Waals surface area contributed by atoms with Crippen molar-refractivity contribution in [3.63, 3.8) is 0 Å². The summed E-state index contributed by atoms with van der Waals surface area (Å²) in [6.45, 7) is 9.77. The van der Waals surface area contributed by atoms with Crippen LogP contribution in [0.3, 0.4) is 0 Å². The van der Waals surface area contributed by atoms with Crippen molar-refractivity contribution < 1.29 is 39.2 Å². The van der Waals surface area contributed by atoms with Gasteiger partial charge in [-0.15, -0.1) is 0 Å². The predicted octanol–water partition coefficient (Wildman–Crippen LogP) is 2.18. The van der Waals surface area contributed by atoms with Crippen molar-refractivity contribution in [3.8, 4) is 0 Å². The van der Waals surface area contributed by atoms with Crippen LogP contribution in [-0.4, -0.2) is 62.6 Å². The van der Waals surface area contributed by atoms with Crippen molar-refractivity contribution in [2.45, 2.75) is 70.9 Å². The Morgan fingerprint density at radius 3 is 2.44 bits per heavy atom. The number of Topliss-reactive ketones (excluding diaryl/α,β-unsaturated/α-hetero) is 1. The van der Waals surface area contributed by atoms with E-state index in [1.165, 1.54) is 19.1 Å². The van der Waals surface area contributed by atoms with Crippen LogP contribution in [-0.2, 0) is 23.9 Å². The van der Waals surface area contributed by atoms with E-state index < -0.39 is 76.3 Å². The maximum absolute atomic E-state index is 13.1. The zero-order valence-electron chi connectivity index (χ0n) is 21.6. The molecule has 2 fully saturated rings. The molecule has 8 nitrogen and oxygen atoms in total. The van der Waals surface area contributed by atoms with E-state index >= 15 is 0 Å². The molecule has 0 heterocycles. The lowest BCUT2D eigenvalue weighted by molar-refractivity contribution is -0.226. The number of hydrogen-bond acceptors (Lipinski definition) is 8. The number of aliphatic hydroxyl groups is 3. The second-order valence-electron chi connectivity index (χ2n) is 11.3. The van der Waals surface area contributed by atoms with Crippen LogP contribution >= 0.6 is 0 Å². The topological polar surface area (TPSA) is 130 Å². The van der Waals surface area contributed by atoms with Crippen LogP contribution in [0.4, 0.5) is 0 Å². The molecule has 4 aliphatic carbocycles. The normalized spacial score (nSPS) is 42.7. The van der Waals surface area contributed by atoms with E-state index in [1.54, 1.807) is 45.1 Å². The maximum atomic E-state index is 13.1. The first-order valence-corrected chi connectivity index (χ1v) is 12.4. The number of carbonyl (C=O) groups excluding carboxylic acids is 3. The minimum atomic E-state index is -1.95. The molecule has 0 amide bonds. The van der Waals surface area contributed by atoms with E-state index in [4.69, 9.17) is 9.47 Å². The number of carbonyl (C=O) groups is 3. The molecule has 2 saturated carbocycles. The molecular weight excluding hydrogens is 464 g/mol. The quantitative estimate of drug-likeness (QED) is 0.227. The highest BCUT2D eigenvalue weighted by molar-refractivity contribution is 6.04. The van der Waals surface area contributed by atoms with Gasteiger partial charge in [0.25, 0.3) is 0 Å². The van der Waals surface area contributed by atoms with Crippen molar-refractivity contribution in [1.82, 2.24) is 0 Å². The van der Waals surface area contributed by atoms with E-state index in [2.05, 4.69) is 0 Å². The Kier molecular flexibility index (Phi) is 6.26. The highest BCUT2D eigenvalue weighted by Crippen LogP contribution is 2.77. The van der Waals surface area contributed by atoms with Crippen LogP contribution < -0.4 is 0 Å². The van der Waals surface area contributed by atoms with Gasteiger partial charge in [0, 0.05) is 48.5 Å². The molecular formula is C28H36O8. The number of rotatable bonds is 5. The highest BCUT2D eigenvalue weighted by atomic mass is 16.6. The Morgan fingerprint density at radius 1 is 1.19 bits per heavy atom. The molecule has 196 valence electrons. The van der Waals surface area contributed by atoms with Gasteiger partial charge in [0.2, 0.25) is 0 Å². The first-order valence-electron chi connectivity index (χ1n) is 12.4. The van der Waals surface area contributed by atoms with Crippen LogP contribution in [0, 0.1) is 29.1 Å². The molecule has 0 bridgehead atoms. The van der Waals surface area contributed by atoms with E-state index in [9.17, 15) is 29.7 Å². The monoisotopic (exact) mass is 500 g/mol. The van der Waals surface area contributed by atoms with Crippen molar-refractivity contribution in [2.75, 3.05) is 6.61 Å². The van der Waals surface area contributed by atoms with Crippen LogP contribution in [0.5, 0.6) is 0 Å². The molecule has 4 rings (SSSR count). The minimum absolute atomic E-state index is 0.128. The van der Waals surface area contributed by atoms with Gasteiger partial charge in [-0.2, -0.15) is 0 Å². The van der Waals surface area contributed by atoms with Crippen LogP contribution in [0.15, 0.2) is 47.6 Å². The number of hydrogen-bond donors (Lipinski definition) is 3. The number of allylic oxidation sites excluding steroid dienone is 3. The Morgan fingerprint density at radius 2 is 1.86 bits per heavy atom. The molecule has 0 unspecified atom stereocenters.